The van der Waals surface area contributed by atoms with Gasteiger partial charge in [-0.15, -0.1) is 0 Å². The number of nitrogens with one attached hydrogen (secondary N) is 1. The third-order valence-electron chi connectivity index (χ3n) is 5.02. The summed E-state index contributed by atoms with van der Waals surface area (Å²) >= 11 is 0. The van der Waals surface area contributed by atoms with Gasteiger partial charge in [0.25, 0.3) is 0 Å². The maximum Gasteiger partial charge on any atom is 0.419 e. The van der Waals surface area contributed by atoms with Gasteiger partial charge in [0.15, 0.2) is 6.29 Å². The first-order chi connectivity index (χ1) is 15.0. The second-order valence-electron chi connectivity index (χ2n) is 7.43. The van der Waals surface area contributed by atoms with Crippen LogP contribution in [0.2, 0.25) is 0 Å². The van der Waals surface area contributed by atoms with Crippen molar-refractivity contribution in [3.8, 4) is 0 Å². The molecule has 1 amide bonds. The van der Waals surface area contributed by atoms with Gasteiger partial charge >= 0.3 is 6.18 Å². The summed E-state index contributed by atoms with van der Waals surface area (Å²) in [5.41, 5.74) is 0.431. The second kappa shape index (κ2) is 10.4. The van der Waals surface area contributed by atoms with Crippen molar-refractivity contribution in [1.82, 2.24) is 4.90 Å². The zero-order valence-corrected chi connectivity index (χ0v) is 17.8. The highest BCUT2D eigenvalue weighted by Crippen LogP contribution is 2.32. The molecule has 5 nitrogen and oxygen atoms in total. The van der Waals surface area contributed by atoms with Crippen LogP contribution in [0.15, 0.2) is 36.5 Å². The minimum Gasteiger partial charge on any atom is -0.394 e. The Bertz CT molecular complexity index is 1020. The second-order valence-corrected chi connectivity index (χ2v) is 7.43. The number of rotatable bonds is 8. The number of hydrogen-bond acceptors (Lipinski definition) is 4. The zero-order chi connectivity index (χ0) is 24.1. The molecular formula is C23H24F4N2O3. The number of nitrogens with zero attached hydrogens (tertiary/aromatic N) is 1. The summed E-state index contributed by atoms with van der Waals surface area (Å²) in [6.45, 7) is 3.44. The largest absolute Gasteiger partial charge is 0.419 e. The molecule has 0 fully saturated rings. The number of hydrogen-bond donors (Lipinski definition) is 2. The van der Waals surface area contributed by atoms with Crippen LogP contribution in [0, 0.1) is 12.7 Å². The van der Waals surface area contributed by atoms with E-state index in [1.165, 1.54) is 0 Å². The summed E-state index contributed by atoms with van der Waals surface area (Å²) in [7, 11) is 1.74. The number of aldehydes is 1. The third kappa shape index (κ3) is 6.16. The van der Waals surface area contributed by atoms with Crippen LogP contribution in [0.4, 0.5) is 23.2 Å². The zero-order valence-electron chi connectivity index (χ0n) is 17.8. The van der Waals surface area contributed by atoms with Gasteiger partial charge in [-0.25, -0.2) is 4.39 Å². The molecule has 1 unspecified atom stereocenters. The van der Waals surface area contributed by atoms with Crippen molar-refractivity contribution in [2.75, 3.05) is 19.0 Å². The molecule has 0 aromatic heterocycles. The van der Waals surface area contributed by atoms with Gasteiger partial charge in [0, 0.05) is 24.2 Å². The molecule has 1 atom stereocenters. The summed E-state index contributed by atoms with van der Waals surface area (Å²) in [5.74, 6) is -2.03. The molecule has 2 rings (SSSR count). The first kappa shape index (κ1) is 25.1. The summed E-state index contributed by atoms with van der Waals surface area (Å²) in [6, 6.07) is 5.40. The van der Waals surface area contributed by atoms with Crippen LogP contribution in [0.25, 0.3) is 6.08 Å². The van der Waals surface area contributed by atoms with Gasteiger partial charge in [-0.2, -0.15) is 13.2 Å². The number of aliphatic hydroxyl groups is 1. The average Bonchev–Trinajstić information content (AvgIpc) is 2.72. The maximum absolute atomic E-state index is 13.8. The molecule has 172 valence electrons. The van der Waals surface area contributed by atoms with E-state index in [1.54, 1.807) is 50.2 Å². The van der Waals surface area contributed by atoms with Crippen LogP contribution in [0.3, 0.4) is 0 Å². The summed E-state index contributed by atoms with van der Waals surface area (Å²) < 4.78 is 52.0. The Morgan fingerprint density at radius 1 is 1.25 bits per heavy atom. The number of benzene rings is 2. The number of likely N-dealkylation sites (N-methyl/N-ethyl adjacent to an activating group) is 1. The first-order valence-corrected chi connectivity index (χ1v) is 9.73. The highest BCUT2D eigenvalue weighted by atomic mass is 19.4. The molecule has 2 N–H and O–H groups in total. The molecule has 2 aromatic carbocycles. The Morgan fingerprint density at radius 2 is 1.94 bits per heavy atom. The monoisotopic (exact) mass is 452 g/mol. The number of anilines is 1. The normalized spacial score (nSPS) is 12.6. The SMILES string of the molecule is Cc1ccc(C=O)c(/C=C\N(C)C(C)CO)c1NC(=O)Cc1ccc(C(F)(F)F)c(F)c1. The molecule has 32 heavy (non-hydrogen) atoms. The van der Waals surface area contributed by atoms with Crippen molar-refractivity contribution in [3.05, 3.63) is 70.2 Å². The number of amides is 1. The van der Waals surface area contributed by atoms with Crippen LogP contribution in [0.5, 0.6) is 0 Å². The van der Waals surface area contributed by atoms with Crippen LogP contribution in [-0.4, -0.2) is 41.9 Å². The van der Waals surface area contributed by atoms with Crippen molar-refractivity contribution >= 4 is 24.0 Å². The molecular weight excluding hydrogens is 428 g/mol. The van der Waals surface area contributed by atoms with Crippen molar-refractivity contribution in [2.45, 2.75) is 32.5 Å². The van der Waals surface area contributed by atoms with Gasteiger partial charge in [-0.05, 0) is 49.4 Å². The lowest BCUT2D eigenvalue weighted by Gasteiger charge is -2.21. The molecule has 0 aliphatic heterocycles. The molecule has 0 aliphatic carbocycles. The molecule has 0 saturated heterocycles. The molecule has 0 bridgehead atoms. The van der Waals surface area contributed by atoms with Crippen molar-refractivity contribution in [1.29, 1.82) is 0 Å². The van der Waals surface area contributed by atoms with Gasteiger partial charge < -0.3 is 15.3 Å². The van der Waals surface area contributed by atoms with E-state index in [2.05, 4.69) is 5.32 Å². The number of alkyl halides is 3. The lowest BCUT2D eigenvalue weighted by Crippen LogP contribution is -2.27. The summed E-state index contributed by atoms with van der Waals surface area (Å²) in [6.07, 6.45) is -1.26. The van der Waals surface area contributed by atoms with Gasteiger partial charge in [-0.1, -0.05) is 18.2 Å². The number of carbonyl (C=O) groups is 2. The fraction of sp³-hybridized carbons (Fsp3) is 0.304. The van der Waals surface area contributed by atoms with E-state index < -0.39 is 23.5 Å². The van der Waals surface area contributed by atoms with Gasteiger partial charge in [0.2, 0.25) is 5.91 Å². The van der Waals surface area contributed by atoms with Gasteiger partial charge in [0.1, 0.15) is 5.82 Å². The number of carbonyl (C=O) groups excluding carboxylic acids is 2. The lowest BCUT2D eigenvalue weighted by atomic mass is 10.0. The van der Waals surface area contributed by atoms with Gasteiger partial charge in [-0.3, -0.25) is 9.59 Å². The van der Waals surface area contributed by atoms with E-state index in [0.717, 1.165) is 6.07 Å². The molecule has 2 aromatic rings. The molecule has 0 saturated carbocycles. The van der Waals surface area contributed by atoms with E-state index >= 15 is 0 Å². The van der Waals surface area contributed by atoms with Crippen LogP contribution >= 0.6 is 0 Å². The Morgan fingerprint density at radius 3 is 2.50 bits per heavy atom. The minimum absolute atomic E-state index is 0.0748. The molecule has 0 aliphatic rings. The Labute approximate surface area is 183 Å². The molecule has 0 radical (unpaired) electrons. The molecule has 0 spiro atoms. The van der Waals surface area contributed by atoms with E-state index in [4.69, 9.17) is 0 Å². The summed E-state index contributed by atoms with van der Waals surface area (Å²) in [4.78, 5) is 25.8. The van der Waals surface area contributed by atoms with E-state index in [1.807, 2.05) is 0 Å². The fourth-order valence-corrected chi connectivity index (χ4v) is 2.93. The minimum atomic E-state index is -4.82. The van der Waals surface area contributed by atoms with Crippen molar-refractivity contribution in [2.24, 2.45) is 0 Å². The van der Waals surface area contributed by atoms with Crippen molar-refractivity contribution < 1.29 is 32.3 Å². The predicted molar refractivity (Wildman–Crippen MR) is 114 cm³/mol. The Kier molecular flexibility index (Phi) is 8.15. The quantitative estimate of drug-likeness (QED) is 0.459. The lowest BCUT2D eigenvalue weighted by molar-refractivity contribution is -0.140. The topological polar surface area (TPSA) is 69.6 Å². The fourth-order valence-electron chi connectivity index (χ4n) is 2.93. The van der Waals surface area contributed by atoms with Crippen LogP contribution < -0.4 is 5.32 Å². The third-order valence-corrected chi connectivity index (χ3v) is 5.02. The van der Waals surface area contributed by atoms with Crippen LogP contribution in [-0.2, 0) is 17.4 Å². The summed E-state index contributed by atoms with van der Waals surface area (Å²) in [5, 5.41) is 11.9. The van der Waals surface area contributed by atoms with E-state index in [9.17, 15) is 32.3 Å². The molecule has 9 heteroatoms. The van der Waals surface area contributed by atoms with Gasteiger partial charge in [0.05, 0.1) is 24.3 Å². The highest BCUT2D eigenvalue weighted by molar-refractivity contribution is 5.98. The molecule has 0 heterocycles. The van der Waals surface area contributed by atoms with Crippen LogP contribution in [0.1, 0.15) is 39.5 Å². The average molecular weight is 452 g/mol. The number of halogens is 4. The predicted octanol–water partition coefficient (Wildman–Crippen LogP) is 4.43. The Hall–Kier alpha value is -3.20. The number of aryl methyl sites for hydroxylation is 1. The number of aliphatic hydroxyl groups excluding tert-OH is 1. The van der Waals surface area contributed by atoms with Crippen molar-refractivity contribution in [3.63, 3.8) is 0 Å². The highest BCUT2D eigenvalue weighted by Gasteiger charge is 2.34. The first-order valence-electron chi connectivity index (χ1n) is 9.73. The van der Waals surface area contributed by atoms with E-state index in [0.29, 0.717) is 40.8 Å². The Balaban J connectivity index is 2.30. The standard InChI is InChI=1S/C23H24F4N2O3/c1-14-4-6-17(13-31)18(8-9-29(3)15(2)12-30)22(14)28-21(32)11-16-5-7-19(20(24)10-16)23(25,26)27/h4-10,13,15,30H,11-12H2,1-3H3,(H,28,32)/b9-8-. The van der Waals surface area contributed by atoms with E-state index in [-0.39, 0.29) is 24.6 Å². The smallest absolute Gasteiger partial charge is 0.394 e. The maximum atomic E-state index is 13.8.